The molecular weight excluding hydrogens is 384 g/mol. The van der Waals surface area contributed by atoms with E-state index in [1.807, 2.05) is 13.8 Å². The normalized spacial score (nSPS) is 13.3. The van der Waals surface area contributed by atoms with Crippen molar-refractivity contribution >= 4 is 39.6 Å². The molecule has 0 aliphatic rings. The Kier molecular flexibility index (Phi) is 5.51. The van der Waals surface area contributed by atoms with Crippen LogP contribution in [0.4, 0.5) is 18.9 Å². The number of nitrogens with two attached hydrogens (primary N) is 1. The number of halogens is 5. The molecule has 0 aliphatic heterocycles. The fourth-order valence-electron chi connectivity index (χ4n) is 2.30. The number of rotatable bonds is 4. The summed E-state index contributed by atoms with van der Waals surface area (Å²) in [6.45, 7) is 3.67. The number of nitrogens with zero attached hydrogens (tertiary/aromatic N) is 1. The molecule has 1 atom stereocenters. The van der Waals surface area contributed by atoms with Crippen LogP contribution in [-0.2, 0) is 23.3 Å². The van der Waals surface area contributed by atoms with E-state index in [2.05, 4.69) is 10.2 Å². The third-order valence-electron chi connectivity index (χ3n) is 3.49. The number of nitrogen functional groups attached to an aromatic ring is 1. The number of hydrogen-bond donors (Lipinski definition) is 3. The van der Waals surface area contributed by atoms with Gasteiger partial charge in [-0.1, -0.05) is 47.7 Å². The molecule has 24 heavy (non-hydrogen) atoms. The van der Waals surface area contributed by atoms with Crippen molar-refractivity contribution in [2.75, 3.05) is 11.5 Å². The van der Waals surface area contributed by atoms with Crippen molar-refractivity contribution in [2.24, 2.45) is 0 Å². The van der Waals surface area contributed by atoms with Crippen LogP contribution < -0.4 is 5.73 Å². The molecule has 0 aliphatic carbocycles. The third-order valence-corrected chi connectivity index (χ3v) is 5.55. The first kappa shape index (κ1) is 19.1. The lowest BCUT2D eigenvalue weighted by molar-refractivity contribution is -0.136. The lowest BCUT2D eigenvalue weighted by atomic mass is 10.0. The second-order valence-corrected chi connectivity index (χ2v) is 7.47. The molecule has 1 heterocycles. The van der Waals surface area contributed by atoms with E-state index in [9.17, 15) is 13.2 Å². The molecular formula is C14H15Cl2F3N4S. The van der Waals surface area contributed by atoms with Crippen LogP contribution in [0.15, 0.2) is 11.1 Å². The summed E-state index contributed by atoms with van der Waals surface area (Å²) in [6.07, 6.45) is -4.16. The van der Waals surface area contributed by atoms with Crippen molar-refractivity contribution in [3.63, 3.8) is 0 Å². The van der Waals surface area contributed by atoms with Crippen LogP contribution in [0.5, 0.6) is 0 Å². The highest BCUT2D eigenvalue weighted by Crippen LogP contribution is 2.47. The Morgan fingerprint density at radius 1 is 1.29 bits per heavy atom. The first-order valence-corrected chi connectivity index (χ1v) is 9.12. The molecule has 1 unspecified atom stereocenters. The zero-order valence-electron chi connectivity index (χ0n) is 12.8. The highest BCUT2D eigenvalue weighted by molar-refractivity contribution is 7.86. The number of nitrogens with one attached hydrogen (secondary N) is 2. The number of aromatic amines is 1. The number of hydrogen-bond acceptors (Lipinski definition) is 3. The summed E-state index contributed by atoms with van der Waals surface area (Å²) < 4.78 is 47.3. The van der Waals surface area contributed by atoms with Gasteiger partial charge in [-0.25, -0.2) is 0 Å². The molecule has 4 N–H and O–H groups in total. The Hall–Kier alpha value is -1.25. The van der Waals surface area contributed by atoms with Gasteiger partial charge < -0.3 is 5.73 Å². The molecule has 0 radical (unpaired) electrons. The van der Waals surface area contributed by atoms with Crippen molar-refractivity contribution in [2.45, 2.75) is 31.5 Å². The molecule has 0 amide bonds. The summed E-state index contributed by atoms with van der Waals surface area (Å²) in [4.78, 5) is 0. The van der Waals surface area contributed by atoms with Gasteiger partial charge in [0.25, 0.3) is 0 Å². The van der Waals surface area contributed by atoms with E-state index in [0.29, 0.717) is 28.5 Å². The van der Waals surface area contributed by atoms with Gasteiger partial charge in [0.05, 0.1) is 27.0 Å². The van der Waals surface area contributed by atoms with Crippen molar-refractivity contribution in [1.82, 2.24) is 10.2 Å². The van der Waals surface area contributed by atoms with Crippen LogP contribution in [0.2, 0.25) is 10.0 Å². The first-order valence-electron chi connectivity index (χ1n) is 6.97. The Morgan fingerprint density at radius 3 is 2.42 bits per heavy atom. The summed E-state index contributed by atoms with van der Waals surface area (Å²) in [6, 6.07) is 0.766. The molecule has 0 fully saturated rings. The standard InChI is InChI=1S/C14H15Cl2F3N4S/c1-3-8-10(13(23-22-8)24(21)4-2)9-7(15)5-6(14(17,18)19)12(20)11(9)16/h5,21H,3-4,20H2,1-2H3,(H,22,23). The first-order chi connectivity index (χ1) is 11.1. The maximum Gasteiger partial charge on any atom is 0.418 e. The minimum absolute atomic E-state index is 0.174. The van der Waals surface area contributed by atoms with Gasteiger partial charge in [0, 0.05) is 16.9 Å². The Balaban J connectivity index is 2.82. The van der Waals surface area contributed by atoms with Crippen LogP contribution in [0.1, 0.15) is 25.1 Å². The van der Waals surface area contributed by atoms with E-state index >= 15 is 0 Å². The van der Waals surface area contributed by atoms with Crippen molar-refractivity contribution in [3.8, 4) is 11.1 Å². The van der Waals surface area contributed by atoms with Gasteiger partial charge in [-0.05, 0) is 12.5 Å². The largest absolute Gasteiger partial charge is 0.418 e. The average molecular weight is 399 g/mol. The van der Waals surface area contributed by atoms with E-state index < -0.39 is 28.1 Å². The lowest BCUT2D eigenvalue weighted by Crippen LogP contribution is -2.10. The maximum absolute atomic E-state index is 13.0. The molecule has 132 valence electrons. The molecule has 0 bridgehead atoms. The van der Waals surface area contributed by atoms with E-state index in [4.69, 9.17) is 33.7 Å². The minimum atomic E-state index is -4.66. The molecule has 0 spiro atoms. The molecule has 1 aromatic carbocycles. The predicted octanol–water partition coefficient (Wildman–Crippen LogP) is 5.31. The maximum atomic E-state index is 13.0. The number of alkyl halides is 3. The van der Waals surface area contributed by atoms with E-state index in [-0.39, 0.29) is 15.6 Å². The van der Waals surface area contributed by atoms with E-state index in [1.54, 1.807) is 0 Å². The average Bonchev–Trinajstić information content (AvgIpc) is 2.92. The summed E-state index contributed by atoms with van der Waals surface area (Å²) in [5.74, 6) is 0.518. The van der Waals surface area contributed by atoms with Gasteiger partial charge in [-0.2, -0.15) is 18.3 Å². The molecule has 4 nitrogen and oxygen atoms in total. The van der Waals surface area contributed by atoms with Crippen LogP contribution in [0.25, 0.3) is 11.1 Å². The van der Waals surface area contributed by atoms with Gasteiger partial charge in [-0.15, -0.1) is 0 Å². The summed E-state index contributed by atoms with van der Waals surface area (Å²) in [5, 5.41) is 6.96. The quantitative estimate of drug-likeness (QED) is 0.610. The SMILES string of the molecule is CCc1n[nH]c(S(=N)CC)c1-c1c(Cl)cc(C(F)(F)F)c(N)c1Cl. The van der Waals surface area contributed by atoms with Crippen LogP contribution in [0.3, 0.4) is 0 Å². The Morgan fingerprint density at radius 2 is 1.92 bits per heavy atom. The number of anilines is 1. The van der Waals surface area contributed by atoms with E-state index in [1.165, 1.54) is 0 Å². The fourth-order valence-corrected chi connectivity index (χ4v) is 3.85. The van der Waals surface area contributed by atoms with Gasteiger partial charge in [0.2, 0.25) is 0 Å². The summed E-state index contributed by atoms with van der Waals surface area (Å²) >= 11 is 12.3. The third kappa shape index (κ3) is 3.27. The number of aromatic nitrogens is 2. The Bertz CT molecular complexity index is 802. The molecule has 2 rings (SSSR count). The van der Waals surface area contributed by atoms with Gasteiger partial charge in [0.15, 0.2) is 0 Å². The van der Waals surface area contributed by atoms with Crippen molar-refractivity contribution in [1.29, 1.82) is 4.78 Å². The molecule has 1 aromatic heterocycles. The molecule has 0 saturated heterocycles. The highest BCUT2D eigenvalue weighted by Gasteiger charge is 2.36. The fraction of sp³-hybridized carbons (Fsp3) is 0.357. The highest BCUT2D eigenvalue weighted by atomic mass is 35.5. The van der Waals surface area contributed by atoms with Gasteiger partial charge in [-0.3, -0.25) is 9.88 Å². The number of aryl methyl sites for hydroxylation is 1. The zero-order valence-corrected chi connectivity index (χ0v) is 15.1. The molecule has 10 heteroatoms. The molecule has 0 saturated carbocycles. The Labute approximate surface area is 149 Å². The lowest BCUT2D eigenvalue weighted by Gasteiger charge is -2.17. The smallest absolute Gasteiger partial charge is 0.397 e. The summed E-state index contributed by atoms with van der Waals surface area (Å²) in [7, 11) is -0.927. The van der Waals surface area contributed by atoms with Crippen LogP contribution in [0, 0.1) is 4.78 Å². The topological polar surface area (TPSA) is 78.5 Å². The number of benzene rings is 1. The van der Waals surface area contributed by atoms with Crippen molar-refractivity contribution in [3.05, 3.63) is 27.4 Å². The van der Waals surface area contributed by atoms with E-state index in [0.717, 1.165) is 6.07 Å². The van der Waals surface area contributed by atoms with Crippen LogP contribution in [-0.4, -0.2) is 16.0 Å². The van der Waals surface area contributed by atoms with Gasteiger partial charge in [0.1, 0.15) is 5.03 Å². The predicted molar refractivity (Wildman–Crippen MR) is 91.7 cm³/mol. The van der Waals surface area contributed by atoms with Crippen LogP contribution >= 0.6 is 23.2 Å². The molecule has 2 aromatic rings. The minimum Gasteiger partial charge on any atom is -0.397 e. The second-order valence-electron chi connectivity index (χ2n) is 4.91. The second kappa shape index (κ2) is 6.93. The monoisotopic (exact) mass is 398 g/mol. The summed E-state index contributed by atoms with van der Waals surface area (Å²) in [5.41, 5.74) is 5.17. The number of H-pyrrole nitrogens is 1. The zero-order chi connectivity index (χ0) is 18.2. The van der Waals surface area contributed by atoms with Gasteiger partial charge >= 0.3 is 6.18 Å². The van der Waals surface area contributed by atoms with Crippen molar-refractivity contribution < 1.29 is 13.2 Å².